The fourth-order valence-electron chi connectivity index (χ4n) is 2.56. The number of anilines is 2. The van der Waals surface area contributed by atoms with Crippen molar-refractivity contribution < 1.29 is 19.1 Å². The molecular formula is C15H19N3O4. The molecule has 7 heteroatoms. The van der Waals surface area contributed by atoms with Crippen molar-refractivity contribution in [3.63, 3.8) is 0 Å². The molecule has 7 nitrogen and oxygen atoms in total. The molecule has 0 saturated carbocycles. The summed E-state index contributed by atoms with van der Waals surface area (Å²) in [6.07, 6.45) is 2.41. The van der Waals surface area contributed by atoms with E-state index in [4.69, 9.17) is 9.47 Å². The number of carbonyl (C=O) groups is 2. The van der Waals surface area contributed by atoms with E-state index in [0.29, 0.717) is 24.8 Å². The SMILES string of the molecule is O=C(Nc1cccc(NC(=O)C2CCCO2)n1)C1CCCO1. The van der Waals surface area contributed by atoms with E-state index < -0.39 is 12.2 Å². The topological polar surface area (TPSA) is 89.6 Å². The molecule has 2 aliphatic rings. The van der Waals surface area contributed by atoms with Crippen LogP contribution in [0.4, 0.5) is 11.6 Å². The third-order valence-electron chi connectivity index (χ3n) is 3.70. The quantitative estimate of drug-likeness (QED) is 0.875. The van der Waals surface area contributed by atoms with Crippen molar-refractivity contribution >= 4 is 23.5 Å². The second-order valence-corrected chi connectivity index (χ2v) is 5.39. The van der Waals surface area contributed by atoms with Crippen LogP contribution in [-0.4, -0.2) is 42.2 Å². The van der Waals surface area contributed by atoms with E-state index in [1.54, 1.807) is 18.2 Å². The molecule has 0 bridgehead atoms. The molecule has 0 spiro atoms. The van der Waals surface area contributed by atoms with Crippen LogP contribution in [0.25, 0.3) is 0 Å². The summed E-state index contributed by atoms with van der Waals surface area (Å²) in [6.45, 7) is 1.23. The number of rotatable bonds is 4. The Kier molecular flexibility index (Phi) is 4.65. The zero-order valence-corrected chi connectivity index (χ0v) is 12.2. The van der Waals surface area contributed by atoms with E-state index >= 15 is 0 Å². The van der Waals surface area contributed by atoms with Crippen LogP contribution < -0.4 is 10.6 Å². The van der Waals surface area contributed by atoms with Gasteiger partial charge in [-0.3, -0.25) is 9.59 Å². The lowest BCUT2D eigenvalue weighted by atomic mass is 10.2. The number of pyridine rings is 1. The molecule has 2 amide bonds. The van der Waals surface area contributed by atoms with E-state index in [-0.39, 0.29) is 11.8 Å². The van der Waals surface area contributed by atoms with Crippen LogP contribution in [0.5, 0.6) is 0 Å². The van der Waals surface area contributed by atoms with Crippen LogP contribution in [0.3, 0.4) is 0 Å². The maximum atomic E-state index is 12.0. The Morgan fingerprint density at radius 2 is 1.45 bits per heavy atom. The Labute approximate surface area is 128 Å². The van der Waals surface area contributed by atoms with Gasteiger partial charge in [-0.15, -0.1) is 0 Å². The van der Waals surface area contributed by atoms with Gasteiger partial charge in [0.25, 0.3) is 11.8 Å². The Morgan fingerprint density at radius 1 is 0.955 bits per heavy atom. The lowest BCUT2D eigenvalue weighted by molar-refractivity contribution is -0.125. The molecule has 3 heterocycles. The van der Waals surface area contributed by atoms with Gasteiger partial charge in [0.2, 0.25) is 0 Å². The van der Waals surface area contributed by atoms with Gasteiger partial charge in [-0.1, -0.05) is 6.07 Å². The molecular weight excluding hydrogens is 286 g/mol. The molecule has 2 saturated heterocycles. The minimum Gasteiger partial charge on any atom is -0.368 e. The first kappa shape index (κ1) is 14.9. The third kappa shape index (κ3) is 3.61. The summed E-state index contributed by atoms with van der Waals surface area (Å²) < 4.78 is 10.6. The number of amides is 2. The number of nitrogens with one attached hydrogen (secondary N) is 2. The highest BCUT2D eigenvalue weighted by molar-refractivity contribution is 5.95. The highest BCUT2D eigenvalue weighted by Gasteiger charge is 2.25. The summed E-state index contributed by atoms with van der Waals surface area (Å²) in [5.74, 6) is 0.386. The predicted octanol–water partition coefficient (Wildman–Crippen LogP) is 1.32. The Bertz CT molecular complexity index is 506. The van der Waals surface area contributed by atoms with Gasteiger partial charge in [-0.2, -0.15) is 0 Å². The second kappa shape index (κ2) is 6.85. The molecule has 2 fully saturated rings. The van der Waals surface area contributed by atoms with Crippen LogP contribution in [0.2, 0.25) is 0 Å². The van der Waals surface area contributed by atoms with E-state index in [0.717, 1.165) is 25.7 Å². The van der Waals surface area contributed by atoms with Crippen molar-refractivity contribution in [3.05, 3.63) is 18.2 Å². The monoisotopic (exact) mass is 305 g/mol. The van der Waals surface area contributed by atoms with Crippen LogP contribution in [0, 0.1) is 0 Å². The van der Waals surface area contributed by atoms with Crippen molar-refractivity contribution in [2.75, 3.05) is 23.8 Å². The Morgan fingerprint density at radius 3 is 1.86 bits per heavy atom. The summed E-state index contributed by atoms with van der Waals surface area (Å²) in [4.78, 5) is 28.2. The average Bonchev–Trinajstić information content (AvgIpc) is 3.21. The second-order valence-electron chi connectivity index (χ2n) is 5.39. The minimum atomic E-state index is -0.410. The van der Waals surface area contributed by atoms with Crippen LogP contribution in [0.1, 0.15) is 25.7 Å². The molecule has 118 valence electrons. The van der Waals surface area contributed by atoms with Crippen molar-refractivity contribution in [1.29, 1.82) is 0 Å². The van der Waals surface area contributed by atoms with Crippen LogP contribution >= 0.6 is 0 Å². The predicted molar refractivity (Wildman–Crippen MR) is 79.4 cm³/mol. The zero-order chi connectivity index (χ0) is 15.4. The number of hydrogen-bond acceptors (Lipinski definition) is 5. The lowest BCUT2D eigenvalue weighted by Gasteiger charge is -2.12. The summed E-state index contributed by atoms with van der Waals surface area (Å²) in [6, 6.07) is 5.08. The fraction of sp³-hybridized carbons (Fsp3) is 0.533. The number of nitrogens with zero attached hydrogens (tertiary/aromatic N) is 1. The maximum absolute atomic E-state index is 12.0. The molecule has 0 radical (unpaired) electrons. The van der Waals surface area contributed by atoms with Crippen molar-refractivity contribution in [2.45, 2.75) is 37.9 Å². The minimum absolute atomic E-state index is 0.201. The summed E-state index contributed by atoms with van der Waals surface area (Å²) in [7, 11) is 0. The summed E-state index contributed by atoms with van der Waals surface area (Å²) >= 11 is 0. The largest absolute Gasteiger partial charge is 0.368 e. The molecule has 3 rings (SSSR count). The van der Waals surface area contributed by atoms with Gasteiger partial charge in [0.1, 0.15) is 23.8 Å². The van der Waals surface area contributed by atoms with Gasteiger partial charge in [-0.25, -0.2) is 4.98 Å². The first-order chi connectivity index (χ1) is 10.7. The maximum Gasteiger partial charge on any atom is 0.254 e. The molecule has 2 unspecified atom stereocenters. The lowest BCUT2D eigenvalue weighted by Crippen LogP contribution is -2.28. The van der Waals surface area contributed by atoms with Gasteiger partial charge in [0.05, 0.1) is 0 Å². The van der Waals surface area contributed by atoms with E-state index in [9.17, 15) is 9.59 Å². The van der Waals surface area contributed by atoms with Crippen molar-refractivity contribution in [3.8, 4) is 0 Å². The van der Waals surface area contributed by atoms with Crippen LogP contribution in [0.15, 0.2) is 18.2 Å². The first-order valence-corrected chi connectivity index (χ1v) is 7.54. The molecule has 0 aliphatic carbocycles. The number of hydrogen-bond donors (Lipinski definition) is 2. The summed E-state index contributed by atoms with van der Waals surface area (Å²) in [5.41, 5.74) is 0. The Balaban J connectivity index is 1.59. The van der Waals surface area contributed by atoms with E-state index in [2.05, 4.69) is 15.6 Å². The van der Waals surface area contributed by atoms with Gasteiger partial charge in [0.15, 0.2) is 0 Å². The zero-order valence-electron chi connectivity index (χ0n) is 12.2. The first-order valence-electron chi connectivity index (χ1n) is 7.54. The van der Waals surface area contributed by atoms with E-state index in [1.807, 2.05) is 0 Å². The van der Waals surface area contributed by atoms with Gasteiger partial charge in [0, 0.05) is 13.2 Å². The fourth-order valence-corrected chi connectivity index (χ4v) is 2.56. The van der Waals surface area contributed by atoms with Crippen molar-refractivity contribution in [2.24, 2.45) is 0 Å². The molecule has 2 aliphatic heterocycles. The number of carbonyl (C=O) groups excluding carboxylic acids is 2. The van der Waals surface area contributed by atoms with E-state index in [1.165, 1.54) is 0 Å². The standard InChI is InChI=1S/C15H19N3O4/c19-14(10-4-2-8-21-10)17-12-6-1-7-13(16-12)18-15(20)11-5-3-9-22-11/h1,6-7,10-11H,2-5,8-9H2,(H2,16,17,18,19,20). The van der Waals surface area contributed by atoms with Gasteiger partial charge in [-0.05, 0) is 37.8 Å². The normalized spacial score (nSPS) is 24.2. The molecule has 2 N–H and O–H groups in total. The Hall–Kier alpha value is -1.99. The molecule has 22 heavy (non-hydrogen) atoms. The molecule has 1 aromatic heterocycles. The van der Waals surface area contributed by atoms with Gasteiger partial charge < -0.3 is 20.1 Å². The smallest absolute Gasteiger partial charge is 0.254 e. The van der Waals surface area contributed by atoms with Gasteiger partial charge >= 0.3 is 0 Å². The highest BCUT2D eigenvalue weighted by atomic mass is 16.5. The number of aromatic nitrogens is 1. The van der Waals surface area contributed by atoms with Crippen LogP contribution in [-0.2, 0) is 19.1 Å². The van der Waals surface area contributed by atoms with Crippen molar-refractivity contribution in [1.82, 2.24) is 4.98 Å². The molecule has 0 aromatic carbocycles. The summed E-state index contributed by atoms with van der Waals surface area (Å²) in [5, 5.41) is 5.42. The molecule has 1 aromatic rings. The third-order valence-corrected chi connectivity index (χ3v) is 3.70. The average molecular weight is 305 g/mol. The highest BCUT2D eigenvalue weighted by Crippen LogP contribution is 2.17. The molecule has 2 atom stereocenters. The number of ether oxygens (including phenoxy) is 2.